The third-order valence-electron chi connectivity index (χ3n) is 4.06. The molecular formula is C18H20N2O3. The second-order valence-electron chi connectivity index (χ2n) is 5.65. The fraction of sp³-hybridized carbons (Fsp3) is 0.333. The number of hydrogen-bond acceptors (Lipinski definition) is 4. The van der Waals surface area contributed by atoms with Crippen molar-refractivity contribution in [3.05, 3.63) is 53.3 Å². The highest BCUT2D eigenvalue weighted by Gasteiger charge is 2.23. The fourth-order valence-electron chi connectivity index (χ4n) is 2.92. The van der Waals surface area contributed by atoms with Gasteiger partial charge in [-0.05, 0) is 36.6 Å². The Bertz CT molecular complexity index is 715. The Hall–Kier alpha value is -2.56. The quantitative estimate of drug-likeness (QED) is 0.940. The molecule has 0 saturated carbocycles. The van der Waals surface area contributed by atoms with Crippen molar-refractivity contribution >= 4 is 5.91 Å². The number of para-hydroxylation sites is 1. The van der Waals surface area contributed by atoms with Gasteiger partial charge in [0.05, 0.1) is 13.7 Å². The molecule has 2 aromatic rings. The number of methoxy groups -OCH3 is 1. The van der Waals surface area contributed by atoms with E-state index in [4.69, 9.17) is 9.47 Å². The van der Waals surface area contributed by atoms with E-state index in [1.807, 2.05) is 18.2 Å². The summed E-state index contributed by atoms with van der Waals surface area (Å²) in [6, 6.07) is 9.53. The van der Waals surface area contributed by atoms with Crippen molar-refractivity contribution in [2.75, 3.05) is 20.8 Å². The van der Waals surface area contributed by atoms with Gasteiger partial charge in [-0.1, -0.05) is 12.1 Å². The molecule has 5 heteroatoms. The zero-order valence-electron chi connectivity index (χ0n) is 13.3. The van der Waals surface area contributed by atoms with E-state index in [1.54, 1.807) is 26.4 Å². The standard InChI is InChI=1S/C18H20N2O3/c1-19-18(21)14-6-7-20-15(10-14)9-12-8-13-4-3-5-16(22-2)17(13)23-11-12/h3-7,10,12H,8-9,11H2,1-2H3,(H,19,21)/t12-/m0/s1. The molecule has 0 aliphatic carbocycles. The van der Waals surface area contributed by atoms with E-state index >= 15 is 0 Å². The molecule has 0 unspecified atom stereocenters. The van der Waals surface area contributed by atoms with Crippen LogP contribution in [0, 0.1) is 5.92 Å². The summed E-state index contributed by atoms with van der Waals surface area (Å²) in [5.74, 6) is 1.87. The summed E-state index contributed by atoms with van der Waals surface area (Å²) in [7, 11) is 3.28. The molecule has 1 amide bonds. The van der Waals surface area contributed by atoms with Gasteiger partial charge in [0.25, 0.3) is 5.91 Å². The summed E-state index contributed by atoms with van der Waals surface area (Å²) in [4.78, 5) is 16.1. The summed E-state index contributed by atoms with van der Waals surface area (Å²) in [6.07, 6.45) is 3.38. The number of rotatable bonds is 4. The second kappa shape index (κ2) is 6.69. The van der Waals surface area contributed by atoms with Gasteiger partial charge in [-0.2, -0.15) is 0 Å². The lowest BCUT2D eigenvalue weighted by molar-refractivity contribution is 0.0963. The Morgan fingerprint density at radius 2 is 2.30 bits per heavy atom. The molecule has 0 fully saturated rings. The minimum absolute atomic E-state index is 0.0939. The topological polar surface area (TPSA) is 60.5 Å². The van der Waals surface area contributed by atoms with Crippen molar-refractivity contribution in [2.24, 2.45) is 5.92 Å². The number of carbonyl (C=O) groups is 1. The summed E-state index contributed by atoms with van der Waals surface area (Å²) in [5.41, 5.74) is 2.70. The third kappa shape index (κ3) is 3.28. The predicted molar refractivity (Wildman–Crippen MR) is 87.0 cm³/mol. The van der Waals surface area contributed by atoms with E-state index in [0.29, 0.717) is 18.1 Å². The van der Waals surface area contributed by atoms with Gasteiger partial charge in [-0.15, -0.1) is 0 Å². The number of fused-ring (bicyclic) bond motifs is 1. The van der Waals surface area contributed by atoms with Gasteiger partial charge in [0, 0.05) is 30.4 Å². The number of pyridine rings is 1. The molecule has 1 aromatic heterocycles. The number of nitrogens with one attached hydrogen (secondary N) is 1. The Labute approximate surface area is 135 Å². The molecule has 0 spiro atoms. The maximum absolute atomic E-state index is 11.7. The number of ether oxygens (including phenoxy) is 2. The van der Waals surface area contributed by atoms with Crippen molar-refractivity contribution in [1.29, 1.82) is 0 Å². The molecule has 3 rings (SSSR count). The van der Waals surface area contributed by atoms with Crippen LogP contribution >= 0.6 is 0 Å². The van der Waals surface area contributed by atoms with E-state index in [2.05, 4.69) is 16.4 Å². The van der Waals surface area contributed by atoms with Crippen LogP contribution in [0.5, 0.6) is 11.5 Å². The van der Waals surface area contributed by atoms with E-state index in [-0.39, 0.29) is 5.91 Å². The molecule has 1 aliphatic rings. The van der Waals surface area contributed by atoms with E-state index < -0.39 is 0 Å². The fourth-order valence-corrected chi connectivity index (χ4v) is 2.92. The summed E-state index contributed by atoms with van der Waals surface area (Å²) < 4.78 is 11.2. The van der Waals surface area contributed by atoms with Crippen LogP contribution in [0.2, 0.25) is 0 Å². The average molecular weight is 312 g/mol. The van der Waals surface area contributed by atoms with Crippen LogP contribution in [0.1, 0.15) is 21.6 Å². The first-order valence-corrected chi connectivity index (χ1v) is 7.67. The Balaban J connectivity index is 1.74. The molecule has 0 saturated heterocycles. The highest BCUT2D eigenvalue weighted by molar-refractivity contribution is 5.93. The van der Waals surface area contributed by atoms with Crippen molar-refractivity contribution in [3.8, 4) is 11.5 Å². The Morgan fingerprint density at radius 1 is 1.43 bits per heavy atom. The van der Waals surface area contributed by atoms with Gasteiger partial charge in [-0.3, -0.25) is 9.78 Å². The zero-order chi connectivity index (χ0) is 16.2. The van der Waals surface area contributed by atoms with Crippen LogP contribution in [0.3, 0.4) is 0 Å². The molecule has 0 radical (unpaired) electrons. The van der Waals surface area contributed by atoms with Crippen molar-refractivity contribution < 1.29 is 14.3 Å². The molecule has 23 heavy (non-hydrogen) atoms. The summed E-state index contributed by atoms with van der Waals surface area (Å²) in [5, 5.41) is 2.63. The largest absolute Gasteiger partial charge is 0.493 e. The first kappa shape index (κ1) is 15.3. The van der Waals surface area contributed by atoms with Gasteiger partial charge in [0.1, 0.15) is 0 Å². The Kier molecular flexibility index (Phi) is 4.46. The zero-order valence-corrected chi connectivity index (χ0v) is 13.3. The minimum atomic E-state index is -0.0939. The lowest BCUT2D eigenvalue weighted by Gasteiger charge is -2.26. The molecule has 1 atom stereocenters. The van der Waals surface area contributed by atoms with Crippen molar-refractivity contribution in [1.82, 2.24) is 10.3 Å². The average Bonchev–Trinajstić information content (AvgIpc) is 2.60. The number of benzene rings is 1. The van der Waals surface area contributed by atoms with Gasteiger partial charge in [-0.25, -0.2) is 0 Å². The first-order valence-electron chi connectivity index (χ1n) is 7.67. The van der Waals surface area contributed by atoms with Crippen LogP contribution in [0.15, 0.2) is 36.5 Å². The highest BCUT2D eigenvalue weighted by atomic mass is 16.5. The molecule has 1 aromatic carbocycles. The smallest absolute Gasteiger partial charge is 0.251 e. The van der Waals surface area contributed by atoms with Crippen molar-refractivity contribution in [3.63, 3.8) is 0 Å². The summed E-state index contributed by atoms with van der Waals surface area (Å²) in [6.45, 7) is 0.624. The molecule has 1 aliphatic heterocycles. The molecule has 2 heterocycles. The monoisotopic (exact) mass is 312 g/mol. The maximum Gasteiger partial charge on any atom is 0.251 e. The second-order valence-corrected chi connectivity index (χ2v) is 5.65. The van der Waals surface area contributed by atoms with E-state index in [9.17, 15) is 4.79 Å². The van der Waals surface area contributed by atoms with Gasteiger partial charge in [0.2, 0.25) is 0 Å². The van der Waals surface area contributed by atoms with Crippen LogP contribution < -0.4 is 14.8 Å². The number of hydrogen-bond donors (Lipinski definition) is 1. The molecular weight excluding hydrogens is 292 g/mol. The lowest BCUT2D eigenvalue weighted by atomic mass is 9.92. The van der Waals surface area contributed by atoms with Crippen molar-refractivity contribution in [2.45, 2.75) is 12.8 Å². The molecule has 0 bridgehead atoms. The first-order chi connectivity index (χ1) is 11.2. The van der Waals surface area contributed by atoms with Gasteiger partial charge in [0.15, 0.2) is 11.5 Å². The number of amides is 1. The molecule has 5 nitrogen and oxygen atoms in total. The predicted octanol–water partition coefficient (Wildman–Crippen LogP) is 2.24. The summed E-state index contributed by atoms with van der Waals surface area (Å²) >= 11 is 0. The van der Waals surface area contributed by atoms with Gasteiger partial charge < -0.3 is 14.8 Å². The van der Waals surface area contributed by atoms with Gasteiger partial charge >= 0.3 is 0 Å². The van der Waals surface area contributed by atoms with Crippen LogP contribution in [0.4, 0.5) is 0 Å². The molecule has 120 valence electrons. The highest BCUT2D eigenvalue weighted by Crippen LogP contribution is 2.36. The maximum atomic E-state index is 11.7. The van der Waals surface area contributed by atoms with E-state index in [1.165, 1.54) is 0 Å². The normalized spacial score (nSPS) is 16.2. The number of carbonyl (C=O) groups excluding carboxylic acids is 1. The third-order valence-corrected chi connectivity index (χ3v) is 4.06. The minimum Gasteiger partial charge on any atom is -0.493 e. The van der Waals surface area contributed by atoms with Crippen LogP contribution in [-0.2, 0) is 12.8 Å². The lowest BCUT2D eigenvalue weighted by Crippen LogP contribution is -2.24. The SMILES string of the molecule is CNC(=O)c1ccnc(C[C@H]2COc3c(cccc3OC)C2)c1. The number of nitrogens with zero attached hydrogens (tertiary/aromatic N) is 1. The Morgan fingerprint density at radius 3 is 3.09 bits per heavy atom. The molecule has 1 N–H and O–H groups in total. The van der Waals surface area contributed by atoms with Crippen LogP contribution in [0.25, 0.3) is 0 Å². The van der Waals surface area contributed by atoms with E-state index in [0.717, 1.165) is 35.6 Å². The number of aromatic nitrogens is 1. The van der Waals surface area contributed by atoms with Crippen LogP contribution in [-0.4, -0.2) is 31.7 Å².